The van der Waals surface area contributed by atoms with E-state index in [9.17, 15) is 9.59 Å². The van der Waals surface area contributed by atoms with Gasteiger partial charge in [0, 0.05) is 23.7 Å². The highest BCUT2D eigenvalue weighted by atomic mass is 35.5. The first-order valence-corrected chi connectivity index (χ1v) is 8.59. The maximum Gasteiger partial charge on any atom is 0.306 e. The number of methoxy groups -OCH3 is 1. The molecule has 5 nitrogen and oxygen atoms in total. The molecular weight excluding hydrogens is 336 g/mol. The van der Waals surface area contributed by atoms with E-state index in [0.717, 1.165) is 42.3 Å². The van der Waals surface area contributed by atoms with E-state index in [1.807, 2.05) is 24.3 Å². The monoisotopic (exact) mass is 358 g/mol. The van der Waals surface area contributed by atoms with Crippen molar-refractivity contribution in [1.29, 1.82) is 0 Å². The summed E-state index contributed by atoms with van der Waals surface area (Å²) < 4.78 is 4.61. The number of nitrogens with one attached hydrogen (secondary N) is 2. The normalized spacial score (nSPS) is 16.5. The molecule has 2 rings (SSSR count). The van der Waals surface area contributed by atoms with Gasteiger partial charge in [0.1, 0.15) is 0 Å². The van der Waals surface area contributed by atoms with Crippen LogP contribution in [0.4, 0.5) is 5.69 Å². The molecule has 1 aliphatic heterocycles. The molecule has 128 valence electrons. The van der Waals surface area contributed by atoms with Crippen LogP contribution in [0.5, 0.6) is 0 Å². The van der Waals surface area contributed by atoms with Gasteiger partial charge in [-0.2, -0.15) is 11.8 Å². The Balaban J connectivity index is 0.00000264. The van der Waals surface area contributed by atoms with Gasteiger partial charge in [0.2, 0.25) is 5.91 Å². The van der Waals surface area contributed by atoms with E-state index in [4.69, 9.17) is 0 Å². The molecule has 0 aliphatic carbocycles. The molecule has 1 aromatic rings. The van der Waals surface area contributed by atoms with Gasteiger partial charge in [-0.25, -0.2) is 0 Å². The second-order valence-electron chi connectivity index (χ2n) is 5.26. The number of amides is 1. The van der Waals surface area contributed by atoms with Crippen LogP contribution in [0.1, 0.15) is 18.4 Å². The summed E-state index contributed by atoms with van der Waals surface area (Å²) in [5.74, 6) is 1.51. The number of hydrogen-bond acceptors (Lipinski definition) is 5. The molecule has 0 spiro atoms. The quantitative estimate of drug-likeness (QED) is 0.579. The number of anilines is 1. The SMILES string of the molecule is COC(=O)CCSCc1cccc(NC(=O)C2CCNC2)c1.Cl. The second kappa shape index (κ2) is 10.5. The lowest BCUT2D eigenvalue weighted by molar-refractivity contribution is -0.140. The summed E-state index contributed by atoms with van der Waals surface area (Å²) in [4.78, 5) is 23.1. The summed E-state index contributed by atoms with van der Waals surface area (Å²) >= 11 is 1.68. The Labute approximate surface area is 147 Å². The zero-order valence-electron chi connectivity index (χ0n) is 13.2. The largest absolute Gasteiger partial charge is 0.469 e. The van der Waals surface area contributed by atoms with Crippen molar-refractivity contribution in [2.24, 2.45) is 5.92 Å². The fourth-order valence-corrected chi connectivity index (χ4v) is 3.18. The van der Waals surface area contributed by atoms with Gasteiger partial charge in [0.15, 0.2) is 0 Å². The van der Waals surface area contributed by atoms with Crippen molar-refractivity contribution in [2.75, 3.05) is 31.3 Å². The summed E-state index contributed by atoms with van der Waals surface area (Å²) in [6.45, 7) is 1.67. The minimum absolute atomic E-state index is 0. The van der Waals surface area contributed by atoms with Crippen molar-refractivity contribution < 1.29 is 14.3 Å². The molecule has 0 radical (unpaired) electrons. The molecule has 1 amide bonds. The fraction of sp³-hybridized carbons (Fsp3) is 0.500. The lowest BCUT2D eigenvalue weighted by Crippen LogP contribution is -2.24. The third kappa shape index (κ3) is 6.81. The summed E-state index contributed by atoms with van der Waals surface area (Å²) in [5.41, 5.74) is 1.97. The summed E-state index contributed by atoms with van der Waals surface area (Å²) in [5, 5.41) is 6.18. The molecule has 7 heteroatoms. The molecule has 23 heavy (non-hydrogen) atoms. The first-order valence-electron chi connectivity index (χ1n) is 7.44. The van der Waals surface area contributed by atoms with E-state index in [1.165, 1.54) is 7.11 Å². The zero-order chi connectivity index (χ0) is 15.8. The van der Waals surface area contributed by atoms with Crippen LogP contribution in [0, 0.1) is 5.92 Å². The molecule has 1 saturated heterocycles. The van der Waals surface area contributed by atoms with E-state index < -0.39 is 0 Å². The molecule has 1 unspecified atom stereocenters. The molecule has 1 heterocycles. The van der Waals surface area contributed by atoms with Crippen molar-refractivity contribution in [3.63, 3.8) is 0 Å². The van der Waals surface area contributed by atoms with Gasteiger partial charge < -0.3 is 15.4 Å². The Hall–Kier alpha value is -1.24. The third-order valence-electron chi connectivity index (χ3n) is 3.57. The van der Waals surface area contributed by atoms with Gasteiger partial charge in [-0.05, 0) is 30.7 Å². The number of esters is 1. The summed E-state index contributed by atoms with van der Waals surface area (Å²) in [6.07, 6.45) is 1.32. The van der Waals surface area contributed by atoms with Crippen LogP contribution in [-0.2, 0) is 20.1 Å². The Morgan fingerprint density at radius 2 is 2.26 bits per heavy atom. The number of halogens is 1. The molecular formula is C16H23ClN2O3S. The van der Waals surface area contributed by atoms with Gasteiger partial charge in [-0.1, -0.05) is 12.1 Å². The highest BCUT2D eigenvalue weighted by Gasteiger charge is 2.22. The molecule has 0 bridgehead atoms. The van der Waals surface area contributed by atoms with Crippen LogP contribution >= 0.6 is 24.2 Å². The zero-order valence-corrected chi connectivity index (χ0v) is 14.8. The van der Waals surface area contributed by atoms with Crippen molar-refractivity contribution in [2.45, 2.75) is 18.6 Å². The van der Waals surface area contributed by atoms with Gasteiger partial charge in [-0.15, -0.1) is 12.4 Å². The Morgan fingerprint density at radius 3 is 2.96 bits per heavy atom. The number of benzene rings is 1. The highest BCUT2D eigenvalue weighted by Crippen LogP contribution is 2.18. The van der Waals surface area contributed by atoms with E-state index in [2.05, 4.69) is 15.4 Å². The predicted molar refractivity (Wildman–Crippen MR) is 96.1 cm³/mol. The van der Waals surface area contributed by atoms with Gasteiger partial charge in [0.25, 0.3) is 0 Å². The van der Waals surface area contributed by atoms with Crippen molar-refractivity contribution in [1.82, 2.24) is 5.32 Å². The highest BCUT2D eigenvalue weighted by molar-refractivity contribution is 7.98. The van der Waals surface area contributed by atoms with Crippen molar-refractivity contribution in [3.8, 4) is 0 Å². The van der Waals surface area contributed by atoms with E-state index in [1.54, 1.807) is 11.8 Å². The Bertz CT molecular complexity index is 522. The molecule has 1 aromatic carbocycles. The van der Waals surface area contributed by atoms with Crippen LogP contribution in [0.3, 0.4) is 0 Å². The topological polar surface area (TPSA) is 67.4 Å². The average molecular weight is 359 g/mol. The predicted octanol–water partition coefficient (Wildman–Crippen LogP) is 2.45. The minimum atomic E-state index is -0.182. The number of hydrogen-bond donors (Lipinski definition) is 2. The van der Waals surface area contributed by atoms with Crippen molar-refractivity contribution >= 4 is 41.7 Å². The fourth-order valence-electron chi connectivity index (χ4n) is 2.31. The van der Waals surface area contributed by atoms with Gasteiger partial charge >= 0.3 is 5.97 Å². The summed E-state index contributed by atoms with van der Waals surface area (Å²) in [7, 11) is 1.40. The Morgan fingerprint density at radius 1 is 1.43 bits per heavy atom. The lowest BCUT2D eigenvalue weighted by Gasteiger charge is -2.11. The van der Waals surface area contributed by atoms with Gasteiger partial charge in [-0.3, -0.25) is 9.59 Å². The minimum Gasteiger partial charge on any atom is -0.469 e. The lowest BCUT2D eigenvalue weighted by atomic mass is 10.1. The molecule has 1 atom stereocenters. The van der Waals surface area contributed by atoms with E-state index in [-0.39, 0.29) is 30.2 Å². The molecule has 2 N–H and O–H groups in total. The molecule has 0 aromatic heterocycles. The van der Waals surface area contributed by atoms with Crippen LogP contribution < -0.4 is 10.6 Å². The van der Waals surface area contributed by atoms with Crippen LogP contribution in [0.15, 0.2) is 24.3 Å². The number of carbonyl (C=O) groups is 2. The van der Waals surface area contributed by atoms with Crippen LogP contribution in [-0.4, -0.2) is 37.8 Å². The summed E-state index contributed by atoms with van der Waals surface area (Å²) in [6, 6.07) is 7.87. The first kappa shape index (κ1) is 19.8. The maximum atomic E-state index is 12.1. The van der Waals surface area contributed by atoms with Crippen LogP contribution in [0.2, 0.25) is 0 Å². The first-order chi connectivity index (χ1) is 10.7. The molecule has 0 saturated carbocycles. The standard InChI is InChI=1S/C16H22N2O3S.ClH/c1-21-15(19)6-8-22-11-12-3-2-4-14(9-12)18-16(20)13-5-7-17-10-13;/h2-4,9,13,17H,5-8,10-11H2,1H3,(H,18,20);1H. The number of rotatable bonds is 7. The smallest absolute Gasteiger partial charge is 0.306 e. The number of carbonyl (C=O) groups excluding carboxylic acids is 2. The second-order valence-corrected chi connectivity index (χ2v) is 6.36. The maximum absolute atomic E-state index is 12.1. The average Bonchev–Trinajstić information content (AvgIpc) is 3.06. The van der Waals surface area contributed by atoms with E-state index >= 15 is 0 Å². The van der Waals surface area contributed by atoms with Crippen molar-refractivity contribution in [3.05, 3.63) is 29.8 Å². The third-order valence-corrected chi connectivity index (χ3v) is 4.60. The Kier molecular flexibility index (Phi) is 9.06. The number of thioether (sulfide) groups is 1. The molecule has 1 aliphatic rings. The van der Waals surface area contributed by atoms with Gasteiger partial charge in [0.05, 0.1) is 19.4 Å². The molecule has 1 fully saturated rings. The number of ether oxygens (including phenoxy) is 1. The van der Waals surface area contributed by atoms with E-state index in [0.29, 0.717) is 6.42 Å². The van der Waals surface area contributed by atoms with Crippen LogP contribution in [0.25, 0.3) is 0 Å².